The van der Waals surface area contributed by atoms with Crippen molar-refractivity contribution in [1.29, 1.82) is 0 Å². The minimum Gasteiger partial charge on any atom is -0.459 e. The van der Waals surface area contributed by atoms with Crippen molar-refractivity contribution in [2.24, 2.45) is 17.3 Å². The smallest absolute Gasteiger partial charge is 0.330 e. The number of aliphatic hydroxyl groups is 1. The van der Waals surface area contributed by atoms with Crippen molar-refractivity contribution in [2.75, 3.05) is 0 Å². The molecule has 1 saturated carbocycles. The maximum absolute atomic E-state index is 12.3. The predicted octanol–water partition coefficient (Wildman–Crippen LogP) is 4.80. The summed E-state index contributed by atoms with van der Waals surface area (Å²) in [7, 11) is 0. The summed E-state index contributed by atoms with van der Waals surface area (Å²) in [6.07, 6.45) is 8.02. The van der Waals surface area contributed by atoms with Crippen LogP contribution in [0.25, 0.3) is 0 Å². The minimum absolute atomic E-state index is 0.0407. The number of carbonyl (C=O) groups excluding carboxylic acids is 1. The second kappa shape index (κ2) is 7.03. The number of hydrogen-bond donors (Lipinski definition) is 1. The van der Waals surface area contributed by atoms with E-state index < -0.39 is 5.60 Å². The third kappa shape index (κ3) is 3.77. The molecular weight excluding hydrogens is 300 g/mol. The van der Waals surface area contributed by atoms with Gasteiger partial charge in [-0.05, 0) is 51.9 Å². The highest BCUT2D eigenvalue weighted by molar-refractivity contribution is 5.82. The van der Waals surface area contributed by atoms with Gasteiger partial charge in [-0.2, -0.15) is 0 Å². The molecule has 3 nitrogen and oxygen atoms in total. The maximum atomic E-state index is 12.3. The molecular formula is C21H34O3. The van der Waals surface area contributed by atoms with E-state index in [1.807, 2.05) is 20.8 Å². The van der Waals surface area contributed by atoms with Crippen LogP contribution in [-0.4, -0.2) is 22.8 Å². The quantitative estimate of drug-likeness (QED) is 0.456. The molecule has 0 unspecified atom stereocenters. The largest absolute Gasteiger partial charge is 0.459 e. The van der Waals surface area contributed by atoms with E-state index in [9.17, 15) is 9.90 Å². The van der Waals surface area contributed by atoms with Gasteiger partial charge in [0.05, 0.1) is 5.60 Å². The number of ether oxygens (including phenoxy) is 1. The molecule has 0 bridgehead atoms. The zero-order valence-corrected chi connectivity index (χ0v) is 16.2. The summed E-state index contributed by atoms with van der Waals surface area (Å²) in [5.74, 6) is 0.307. The highest BCUT2D eigenvalue weighted by Crippen LogP contribution is 2.54. The molecule has 4 atom stereocenters. The number of hydrogen-bond acceptors (Lipinski definition) is 3. The number of rotatable bonds is 4. The van der Waals surface area contributed by atoms with E-state index in [4.69, 9.17) is 4.74 Å². The van der Waals surface area contributed by atoms with Crippen molar-refractivity contribution in [3.63, 3.8) is 0 Å². The molecule has 0 aromatic rings. The normalized spacial score (nSPS) is 37.0. The third-order valence-electron chi connectivity index (χ3n) is 6.28. The molecule has 1 fully saturated rings. The first-order valence-corrected chi connectivity index (χ1v) is 9.41. The summed E-state index contributed by atoms with van der Waals surface area (Å²) in [5, 5.41) is 11.0. The second-order valence-electron chi connectivity index (χ2n) is 8.55. The molecule has 2 aliphatic carbocycles. The molecule has 0 aromatic heterocycles. The molecule has 0 aliphatic heterocycles. The predicted molar refractivity (Wildman–Crippen MR) is 97.5 cm³/mol. The van der Waals surface area contributed by atoms with Gasteiger partial charge in [-0.15, -0.1) is 0 Å². The van der Waals surface area contributed by atoms with Crippen LogP contribution in [0.2, 0.25) is 0 Å². The zero-order valence-electron chi connectivity index (χ0n) is 16.2. The van der Waals surface area contributed by atoms with Crippen LogP contribution in [0.1, 0.15) is 73.6 Å². The van der Waals surface area contributed by atoms with Gasteiger partial charge < -0.3 is 9.84 Å². The summed E-state index contributed by atoms with van der Waals surface area (Å²) >= 11 is 0. The number of carbonyl (C=O) groups is 1. The van der Waals surface area contributed by atoms with Crippen molar-refractivity contribution in [1.82, 2.24) is 0 Å². The number of fused-ring (bicyclic) bond motifs is 1. The molecule has 24 heavy (non-hydrogen) atoms. The molecule has 136 valence electrons. The van der Waals surface area contributed by atoms with Crippen molar-refractivity contribution >= 4 is 5.97 Å². The van der Waals surface area contributed by atoms with Gasteiger partial charge in [-0.25, -0.2) is 4.79 Å². The Hall–Kier alpha value is -1.09. The highest BCUT2D eigenvalue weighted by Gasteiger charge is 2.54. The van der Waals surface area contributed by atoms with Gasteiger partial charge in [0.2, 0.25) is 0 Å². The standard InChI is InChI=1S/C21H34O3/c1-7-15(4)12-19(22)24-18-9-11-21(6,23)17-13-16(14(2)3)8-10-20(17,18)5/h12-14,17-18,23H,7-11H2,1-6H3/b15-12+/t17-,18-,20-,21+/m1/s1. The van der Waals surface area contributed by atoms with Crippen LogP contribution >= 0.6 is 0 Å². The maximum Gasteiger partial charge on any atom is 0.330 e. The van der Waals surface area contributed by atoms with E-state index >= 15 is 0 Å². The van der Waals surface area contributed by atoms with Gasteiger partial charge in [-0.3, -0.25) is 0 Å². The third-order valence-corrected chi connectivity index (χ3v) is 6.28. The number of esters is 1. The van der Waals surface area contributed by atoms with E-state index in [1.54, 1.807) is 6.08 Å². The Labute approximate surface area is 147 Å². The van der Waals surface area contributed by atoms with Crippen LogP contribution in [0.5, 0.6) is 0 Å². The zero-order chi connectivity index (χ0) is 18.1. The van der Waals surface area contributed by atoms with Crippen molar-refractivity contribution in [3.05, 3.63) is 23.3 Å². The lowest BCUT2D eigenvalue weighted by Gasteiger charge is -2.54. The van der Waals surface area contributed by atoms with E-state index in [0.29, 0.717) is 12.3 Å². The second-order valence-corrected chi connectivity index (χ2v) is 8.55. The Morgan fingerprint density at radius 3 is 2.67 bits per heavy atom. The molecule has 0 saturated heterocycles. The molecule has 1 N–H and O–H groups in total. The van der Waals surface area contributed by atoms with Crippen LogP contribution in [0, 0.1) is 17.3 Å². The molecule has 0 radical (unpaired) electrons. The van der Waals surface area contributed by atoms with Crippen molar-refractivity contribution in [2.45, 2.75) is 85.4 Å². The lowest BCUT2D eigenvalue weighted by atomic mass is 9.54. The molecule has 2 aliphatic rings. The Morgan fingerprint density at radius 1 is 1.42 bits per heavy atom. The first-order valence-electron chi connectivity index (χ1n) is 9.41. The van der Waals surface area contributed by atoms with Crippen LogP contribution < -0.4 is 0 Å². The number of allylic oxidation sites excluding steroid dienone is 2. The van der Waals surface area contributed by atoms with Gasteiger partial charge in [0, 0.05) is 17.4 Å². The summed E-state index contributed by atoms with van der Waals surface area (Å²) in [5.41, 5.74) is 1.54. The van der Waals surface area contributed by atoms with E-state index in [1.165, 1.54) is 5.57 Å². The van der Waals surface area contributed by atoms with E-state index in [-0.39, 0.29) is 23.4 Å². The topological polar surface area (TPSA) is 46.5 Å². The minimum atomic E-state index is -0.729. The lowest BCUT2D eigenvalue weighted by Crippen LogP contribution is -2.56. The molecule has 0 aromatic carbocycles. The van der Waals surface area contributed by atoms with Gasteiger partial charge in [0.25, 0.3) is 0 Å². The Balaban J connectivity index is 2.27. The van der Waals surface area contributed by atoms with Crippen LogP contribution in [0.4, 0.5) is 0 Å². The Kier molecular flexibility index (Phi) is 5.64. The van der Waals surface area contributed by atoms with Gasteiger partial charge in [0.1, 0.15) is 6.10 Å². The van der Waals surface area contributed by atoms with Gasteiger partial charge >= 0.3 is 5.97 Å². The molecule has 0 heterocycles. The fourth-order valence-corrected chi connectivity index (χ4v) is 4.37. The SMILES string of the molecule is CC/C(C)=C/C(=O)O[C@@H]1CC[C@](C)(O)[C@@H]2C=C(C(C)C)CC[C@]21C. The van der Waals surface area contributed by atoms with Crippen LogP contribution in [0.3, 0.4) is 0 Å². The van der Waals surface area contributed by atoms with E-state index in [0.717, 1.165) is 31.3 Å². The van der Waals surface area contributed by atoms with Crippen molar-refractivity contribution < 1.29 is 14.6 Å². The fraction of sp³-hybridized carbons (Fsp3) is 0.762. The van der Waals surface area contributed by atoms with Crippen molar-refractivity contribution in [3.8, 4) is 0 Å². The Bertz CT molecular complexity index is 541. The average molecular weight is 335 g/mol. The first-order chi connectivity index (χ1) is 11.1. The monoisotopic (exact) mass is 334 g/mol. The molecule has 2 rings (SSSR count). The molecule has 3 heteroatoms. The summed E-state index contributed by atoms with van der Waals surface area (Å²) in [6, 6.07) is 0. The lowest BCUT2D eigenvalue weighted by molar-refractivity contribution is -0.175. The van der Waals surface area contributed by atoms with Crippen LogP contribution in [0.15, 0.2) is 23.3 Å². The van der Waals surface area contributed by atoms with Gasteiger partial charge in [-0.1, -0.05) is 44.9 Å². The first kappa shape index (κ1) is 19.2. The van der Waals surface area contributed by atoms with E-state index in [2.05, 4.69) is 26.8 Å². The Morgan fingerprint density at radius 2 is 2.08 bits per heavy atom. The fourth-order valence-electron chi connectivity index (χ4n) is 4.37. The average Bonchev–Trinajstić information content (AvgIpc) is 2.50. The highest BCUT2D eigenvalue weighted by atomic mass is 16.5. The van der Waals surface area contributed by atoms with Gasteiger partial charge in [0.15, 0.2) is 0 Å². The summed E-state index contributed by atoms with van der Waals surface area (Å²) < 4.78 is 5.87. The van der Waals surface area contributed by atoms with Crippen LogP contribution in [-0.2, 0) is 9.53 Å². The summed E-state index contributed by atoms with van der Waals surface area (Å²) in [4.78, 5) is 12.3. The molecule has 0 amide bonds. The summed E-state index contributed by atoms with van der Waals surface area (Å²) in [6.45, 7) is 12.5. The molecule has 0 spiro atoms.